The molecule has 1 heterocycles. The molecule has 0 aromatic heterocycles. The maximum atomic E-state index is 13.0. The molecule has 1 amide bonds. The Morgan fingerprint density at radius 1 is 1.04 bits per heavy atom. The van der Waals surface area contributed by atoms with E-state index >= 15 is 0 Å². The molecular weight excluding hydrogens is 390 g/mol. The maximum Gasteiger partial charge on any atom is 0.387 e. The quantitative estimate of drug-likeness (QED) is 0.793. The van der Waals surface area contributed by atoms with Crippen molar-refractivity contribution in [3.8, 4) is 5.75 Å². The first-order chi connectivity index (χ1) is 13.3. The highest BCUT2D eigenvalue weighted by Gasteiger charge is 2.32. The molecule has 9 heteroatoms. The summed E-state index contributed by atoms with van der Waals surface area (Å²) >= 11 is 0. The molecule has 1 atom stereocenters. The van der Waals surface area contributed by atoms with E-state index in [1.54, 1.807) is 30.3 Å². The van der Waals surface area contributed by atoms with Crippen molar-refractivity contribution < 1.29 is 26.7 Å². The zero-order valence-electron chi connectivity index (χ0n) is 14.9. The van der Waals surface area contributed by atoms with Gasteiger partial charge in [0.1, 0.15) is 11.8 Å². The van der Waals surface area contributed by atoms with Gasteiger partial charge >= 0.3 is 6.61 Å². The van der Waals surface area contributed by atoms with Crippen molar-refractivity contribution in [2.45, 2.75) is 12.7 Å². The predicted octanol–water partition coefficient (Wildman–Crippen LogP) is 2.70. The van der Waals surface area contributed by atoms with E-state index in [2.05, 4.69) is 10.1 Å². The molecule has 2 aromatic carbocycles. The SMILES string of the molecule is O=C(Nc1cccc(OC(F)F)c1)C(c1ccccc1)N1CCS(=O)(=O)CC1. The Hall–Kier alpha value is -2.52. The van der Waals surface area contributed by atoms with Crippen molar-refractivity contribution in [3.05, 3.63) is 60.2 Å². The van der Waals surface area contributed by atoms with Gasteiger partial charge in [0.15, 0.2) is 9.84 Å². The van der Waals surface area contributed by atoms with E-state index in [1.165, 1.54) is 18.2 Å². The molecule has 150 valence electrons. The van der Waals surface area contributed by atoms with Crippen molar-refractivity contribution in [2.75, 3.05) is 29.9 Å². The highest BCUT2D eigenvalue weighted by molar-refractivity contribution is 7.91. The van der Waals surface area contributed by atoms with Crippen LogP contribution in [0.1, 0.15) is 11.6 Å². The minimum absolute atomic E-state index is 0.0126. The van der Waals surface area contributed by atoms with Gasteiger partial charge in [-0.15, -0.1) is 0 Å². The minimum Gasteiger partial charge on any atom is -0.435 e. The molecule has 1 aliphatic rings. The van der Waals surface area contributed by atoms with Crippen LogP contribution in [0, 0.1) is 0 Å². The number of hydrogen-bond acceptors (Lipinski definition) is 5. The molecular formula is C19H20F2N2O4S. The Morgan fingerprint density at radius 2 is 1.71 bits per heavy atom. The molecule has 2 aromatic rings. The summed E-state index contributed by atoms with van der Waals surface area (Å²) < 4.78 is 52.6. The lowest BCUT2D eigenvalue weighted by molar-refractivity contribution is -0.121. The van der Waals surface area contributed by atoms with Crippen molar-refractivity contribution in [3.63, 3.8) is 0 Å². The van der Waals surface area contributed by atoms with E-state index in [-0.39, 0.29) is 36.3 Å². The van der Waals surface area contributed by atoms with Crippen LogP contribution >= 0.6 is 0 Å². The topological polar surface area (TPSA) is 75.7 Å². The summed E-state index contributed by atoms with van der Waals surface area (Å²) in [5.74, 6) is -0.462. The predicted molar refractivity (Wildman–Crippen MR) is 101 cm³/mol. The number of nitrogens with zero attached hydrogens (tertiary/aromatic N) is 1. The lowest BCUT2D eigenvalue weighted by Crippen LogP contribution is -2.46. The van der Waals surface area contributed by atoms with Crippen LogP contribution in [0.5, 0.6) is 5.75 Å². The highest BCUT2D eigenvalue weighted by Crippen LogP contribution is 2.26. The summed E-state index contributed by atoms with van der Waals surface area (Å²) in [6.45, 7) is -2.48. The van der Waals surface area contributed by atoms with Crippen molar-refractivity contribution >= 4 is 21.4 Å². The molecule has 0 spiro atoms. The molecule has 1 saturated heterocycles. The summed E-state index contributed by atoms with van der Waals surface area (Å²) in [6.07, 6.45) is 0. The number of alkyl halides is 2. The van der Waals surface area contributed by atoms with E-state index in [4.69, 9.17) is 0 Å². The molecule has 1 N–H and O–H groups in total. The van der Waals surface area contributed by atoms with E-state index in [0.717, 1.165) is 5.56 Å². The van der Waals surface area contributed by atoms with E-state index < -0.39 is 22.5 Å². The van der Waals surface area contributed by atoms with Gasteiger partial charge in [0, 0.05) is 24.8 Å². The second-order valence-corrected chi connectivity index (χ2v) is 8.70. The number of rotatable bonds is 6. The third-order valence-electron chi connectivity index (χ3n) is 4.43. The number of amides is 1. The van der Waals surface area contributed by atoms with Crippen LogP contribution in [0.25, 0.3) is 0 Å². The average molecular weight is 410 g/mol. The Labute approximate surface area is 162 Å². The van der Waals surface area contributed by atoms with Crippen LogP contribution in [0.15, 0.2) is 54.6 Å². The average Bonchev–Trinajstić information content (AvgIpc) is 2.64. The number of carbonyl (C=O) groups excluding carboxylic acids is 1. The second kappa shape index (κ2) is 8.66. The maximum absolute atomic E-state index is 13.0. The van der Waals surface area contributed by atoms with Crippen LogP contribution in [0.3, 0.4) is 0 Å². The largest absolute Gasteiger partial charge is 0.435 e. The van der Waals surface area contributed by atoms with Crippen molar-refractivity contribution in [2.24, 2.45) is 0 Å². The first-order valence-electron chi connectivity index (χ1n) is 8.69. The van der Waals surface area contributed by atoms with Gasteiger partial charge in [-0.3, -0.25) is 9.69 Å². The summed E-state index contributed by atoms with van der Waals surface area (Å²) in [6, 6.07) is 14.1. The molecule has 0 saturated carbocycles. The van der Waals surface area contributed by atoms with Crippen molar-refractivity contribution in [1.82, 2.24) is 4.90 Å². The smallest absolute Gasteiger partial charge is 0.387 e. The van der Waals surface area contributed by atoms with Gasteiger partial charge in [-0.25, -0.2) is 8.42 Å². The summed E-state index contributed by atoms with van der Waals surface area (Å²) in [5, 5.41) is 2.72. The molecule has 1 unspecified atom stereocenters. The zero-order chi connectivity index (χ0) is 20.1. The van der Waals surface area contributed by atoms with Crippen LogP contribution < -0.4 is 10.1 Å². The number of hydrogen-bond donors (Lipinski definition) is 1. The number of anilines is 1. The number of ether oxygens (including phenoxy) is 1. The normalized spacial score (nSPS) is 17.8. The molecule has 3 rings (SSSR count). The third kappa shape index (κ3) is 5.26. The Balaban J connectivity index is 1.81. The number of nitrogens with one attached hydrogen (secondary N) is 1. The van der Waals surface area contributed by atoms with Crippen LogP contribution in [-0.2, 0) is 14.6 Å². The summed E-state index contributed by atoms with van der Waals surface area (Å²) in [5.41, 5.74) is 1.04. The molecule has 0 radical (unpaired) electrons. The molecule has 0 bridgehead atoms. The van der Waals surface area contributed by atoms with E-state index in [9.17, 15) is 22.0 Å². The van der Waals surface area contributed by atoms with Gasteiger partial charge in [-0.1, -0.05) is 36.4 Å². The lowest BCUT2D eigenvalue weighted by atomic mass is 10.0. The van der Waals surface area contributed by atoms with Crippen molar-refractivity contribution in [1.29, 1.82) is 0 Å². The minimum atomic E-state index is -3.09. The molecule has 6 nitrogen and oxygen atoms in total. The monoisotopic (exact) mass is 410 g/mol. The van der Waals surface area contributed by atoms with Crippen LogP contribution in [0.4, 0.5) is 14.5 Å². The van der Waals surface area contributed by atoms with Gasteiger partial charge in [0.25, 0.3) is 0 Å². The van der Waals surface area contributed by atoms with E-state index in [1.807, 2.05) is 11.0 Å². The summed E-state index contributed by atoms with van der Waals surface area (Å²) in [7, 11) is -3.09. The standard InChI is InChI=1S/C19H20F2N2O4S/c20-19(21)27-16-8-4-7-15(13-16)22-18(24)17(14-5-2-1-3-6-14)23-9-11-28(25,26)12-10-23/h1-8,13,17,19H,9-12H2,(H,22,24). The Kier molecular flexibility index (Phi) is 6.25. The Morgan fingerprint density at radius 3 is 2.36 bits per heavy atom. The van der Waals surface area contributed by atoms with Gasteiger partial charge in [0.2, 0.25) is 5.91 Å². The number of sulfone groups is 1. The molecule has 1 aliphatic heterocycles. The van der Waals surface area contributed by atoms with Gasteiger partial charge in [-0.2, -0.15) is 8.78 Å². The third-order valence-corrected chi connectivity index (χ3v) is 6.04. The van der Waals surface area contributed by atoms with Gasteiger partial charge in [0.05, 0.1) is 11.5 Å². The zero-order valence-corrected chi connectivity index (χ0v) is 15.7. The second-order valence-electron chi connectivity index (χ2n) is 6.40. The van der Waals surface area contributed by atoms with Gasteiger partial charge < -0.3 is 10.1 Å². The number of carbonyl (C=O) groups is 1. The fourth-order valence-corrected chi connectivity index (χ4v) is 4.34. The number of halogens is 2. The first kappa shape index (κ1) is 20.2. The lowest BCUT2D eigenvalue weighted by Gasteiger charge is -2.33. The fraction of sp³-hybridized carbons (Fsp3) is 0.316. The van der Waals surface area contributed by atoms with E-state index in [0.29, 0.717) is 5.69 Å². The molecule has 1 fully saturated rings. The van der Waals surface area contributed by atoms with Gasteiger partial charge in [-0.05, 0) is 17.7 Å². The fourth-order valence-electron chi connectivity index (χ4n) is 3.11. The number of benzene rings is 2. The molecule has 0 aliphatic carbocycles. The van der Waals surface area contributed by atoms with Crippen LogP contribution in [0.2, 0.25) is 0 Å². The molecule has 28 heavy (non-hydrogen) atoms. The highest BCUT2D eigenvalue weighted by atomic mass is 32.2. The first-order valence-corrected chi connectivity index (χ1v) is 10.5. The van der Waals surface area contributed by atoms with Crippen LogP contribution in [-0.4, -0.2) is 50.4 Å². The summed E-state index contributed by atoms with van der Waals surface area (Å²) in [4.78, 5) is 14.8. The Bertz CT molecular complexity index is 909.